The Morgan fingerprint density at radius 3 is 2.18 bits per heavy atom. The molecule has 0 bridgehead atoms. The first-order valence-corrected chi connectivity index (χ1v) is 10.2. The Kier molecular flexibility index (Phi) is 7.59. The topological polar surface area (TPSA) is 64.7 Å². The molecule has 7 heteroatoms. The molecule has 6 nitrogen and oxygen atoms in total. The standard InChI is InChI=1S/C21H25BrN4O2/c22-18-8-6-17(7-9-18)16-26-14-12-25(13-15-26)11-10-23-20(27)21(28)24-19-4-2-1-3-5-19/h1-9H,10-16H2,(H,23,27)(H,24,28). The number of para-hydroxylation sites is 1. The number of benzene rings is 2. The molecule has 1 heterocycles. The first-order chi connectivity index (χ1) is 13.6. The van der Waals surface area contributed by atoms with Crippen LogP contribution in [0.25, 0.3) is 0 Å². The van der Waals surface area contributed by atoms with Gasteiger partial charge in [0.25, 0.3) is 0 Å². The molecule has 0 aromatic heterocycles. The predicted octanol–water partition coefficient (Wildman–Crippen LogP) is 2.32. The summed E-state index contributed by atoms with van der Waals surface area (Å²) in [5.41, 5.74) is 1.93. The molecule has 1 aliphatic rings. The van der Waals surface area contributed by atoms with Gasteiger partial charge in [-0.05, 0) is 29.8 Å². The fourth-order valence-corrected chi connectivity index (χ4v) is 3.40. The number of carbonyl (C=O) groups excluding carboxylic acids is 2. The quantitative estimate of drug-likeness (QED) is 0.671. The van der Waals surface area contributed by atoms with Crippen LogP contribution in [0.3, 0.4) is 0 Å². The highest BCUT2D eigenvalue weighted by molar-refractivity contribution is 9.10. The minimum absolute atomic E-state index is 0.466. The van der Waals surface area contributed by atoms with E-state index < -0.39 is 11.8 Å². The summed E-state index contributed by atoms with van der Waals surface area (Å²) >= 11 is 3.46. The molecule has 2 aromatic carbocycles. The predicted molar refractivity (Wildman–Crippen MR) is 114 cm³/mol. The van der Waals surface area contributed by atoms with Crippen molar-refractivity contribution in [2.75, 3.05) is 44.6 Å². The third kappa shape index (κ3) is 6.44. The molecule has 2 amide bonds. The van der Waals surface area contributed by atoms with Crippen molar-refractivity contribution >= 4 is 33.4 Å². The average Bonchev–Trinajstić information content (AvgIpc) is 2.71. The molecule has 1 saturated heterocycles. The lowest BCUT2D eigenvalue weighted by atomic mass is 10.2. The van der Waals surface area contributed by atoms with Crippen LogP contribution in [-0.4, -0.2) is 60.9 Å². The van der Waals surface area contributed by atoms with Gasteiger partial charge in [0.1, 0.15) is 0 Å². The lowest BCUT2D eigenvalue weighted by Gasteiger charge is -2.34. The van der Waals surface area contributed by atoms with Crippen LogP contribution >= 0.6 is 15.9 Å². The highest BCUT2D eigenvalue weighted by Gasteiger charge is 2.18. The summed E-state index contributed by atoms with van der Waals surface area (Å²) in [6.07, 6.45) is 0. The molecular weight excluding hydrogens is 420 g/mol. The smallest absolute Gasteiger partial charge is 0.313 e. The van der Waals surface area contributed by atoms with Gasteiger partial charge in [0, 0.05) is 56.0 Å². The van der Waals surface area contributed by atoms with Crippen molar-refractivity contribution in [2.45, 2.75) is 6.54 Å². The average molecular weight is 445 g/mol. The monoisotopic (exact) mass is 444 g/mol. The van der Waals surface area contributed by atoms with Crippen LogP contribution in [0, 0.1) is 0 Å². The molecule has 28 heavy (non-hydrogen) atoms. The number of carbonyl (C=O) groups is 2. The first-order valence-electron chi connectivity index (χ1n) is 9.43. The second-order valence-corrected chi connectivity index (χ2v) is 7.74. The molecule has 1 fully saturated rings. The van der Waals surface area contributed by atoms with Gasteiger partial charge in [0.15, 0.2) is 0 Å². The molecule has 1 aliphatic heterocycles. The fraction of sp³-hybridized carbons (Fsp3) is 0.333. The lowest BCUT2D eigenvalue weighted by molar-refractivity contribution is -0.136. The van der Waals surface area contributed by atoms with E-state index in [1.165, 1.54) is 5.56 Å². The zero-order valence-electron chi connectivity index (χ0n) is 15.7. The first kappa shape index (κ1) is 20.5. The highest BCUT2D eigenvalue weighted by atomic mass is 79.9. The van der Waals surface area contributed by atoms with Crippen LogP contribution < -0.4 is 10.6 Å². The third-order valence-corrected chi connectivity index (χ3v) is 5.26. The van der Waals surface area contributed by atoms with Gasteiger partial charge in [-0.3, -0.25) is 19.4 Å². The van der Waals surface area contributed by atoms with Crippen LogP contribution in [0.4, 0.5) is 5.69 Å². The van der Waals surface area contributed by atoms with Crippen molar-refractivity contribution in [1.82, 2.24) is 15.1 Å². The summed E-state index contributed by atoms with van der Waals surface area (Å²) in [6.45, 7) is 6.09. The Hall–Kier alpha value is -2.22. The van der Waals surface area contributed by atoms with E-state index in [1.807, 2.05) is 18.2 Å². The van der Waals surface area contributed by atoms with E-state index in [0.29, 0.717) is 12.2 Å². The molecule has 2 aromatic rings. The Morgan fingerprint density at radius 2 is 1.50 bits per heavy atom. The number of amides is 2. The maximum atomic E-state index is 11.9. The van der Waals surface area contributed by atoms with E-state index in [4.69, 9.17) is 0 Å². The van der Waals surface area contributed by atoms with Gasteiger partial charge in [0.05, 0.1) is 0 Å². The SMILES string of the molecule is O=C(NCCN1CCN(Cc2ccc(Br)cc2)CC1)C(=O)Nc1ccccc1. The number of piperazine rings is 1. The molecule has 0 atom stereocenters. The minimum atomic E-state index is -0.634. The van der Waals surface area contributed by atoms with E-state index in [1.54, 1.807) is 12.1 Å². The molecule has 0 aliphatic carbocycles. The molecule has 2 N–H and O–H groups in total. The van der Waals surface area contributed by atoms with Crippen molar-refractivity contribution in [1.29, 1.82) is 0 Å². The molecule has 3 rings (SSSR count). The van der Waals surface area contributed by atoms with Gasteiger partial charge in [-0.1, -0.05) is 46.3 Å². The molecule has 0 radical (unpaired) electrons. The second kappa shape index (κ2) is 10.4. The van der Waals surface area contributed by atoms with Gasteiger partial charge < -0.3 is 10.6 Å². The second-order valence-electron chi connectivity index (χ2n) is 6.82. The summed E-state index contributed by atoms with van der Waals surface area (Å²) in [7, 11) is 0. The van der Waals surface area contributed by atoms with Crippen LogP contribution in [-0.2, 0) is 16.1 Å². The number of nitrogens with zero attached hydrogens (tertiary/aromatic N) is 2. The summed E-state index contributed by atoms with van der Waals surface area (Å²) in [5.74, 6) is -1.23. The summed E-state index contributed by atoms with van der Waals surface area (Å²) in [4.78, 5) is 28.5. The molecular formula is C21H25BrN4O2. The Morgan fingerprint density at radius 1 is 0.857 bits per heavy atom. The van der Waals surface area contributed by atoms with Gasteiger partial charge in [-0.2, -0.15) is 0 Å². The summed E-state index contributed by atoms with van der Waals surface area (Å²) in [5, 5.41) is 5.28. The van der Waals surface area contributed by atoms with E-state index in [-0.39, 0.29) is 0 Å². The van der Waals surface area contributed by atoms with E-state index >= 15 is 0 Å². The van der Waals surface area contributed by atoms with E-state index in [2.05, 4.69) is 60.6 Å². The number of hydrogen-bond donors (Lipinski definition) is 2. The maximum absolute atomic E-state index is 11.9. The number of nitrogens with one attached hydrogen (secondary N) is 2. The zero-order chi connectivity index (χ0) is 19.8. The molecule has 0 spiro atoms. The van der Waals surface area contributed by atoms with Gasteiger partial charge >= 0.3 is 11.8 Å². The number of halogens is 1. The Bertz CT molecular complexity index is 775. The van der Waals surface area contributed by atoms with Crippen molar-refractivity contribution in [3.63, 3.8) is 0 Å². The van der Waals surface area contributed by atoms with E-state index in [9.17, 15) is 9.59 Å². The normalized spacial score (nSPS) is 15.2. The number of anilines is 1. The van der Waals surface area contributed by atoms with Crippen LogP contribution in [0.1, 0.15) is 5.56 Å². The van der Waals surface area contributed by atoms with Crippen molar-refractivity contribution < 1.29 is 9.59 Å². The minimum Gasteiger partial charge on any atom is -0.347 e. The van der Waals surface area contributed by atoms with Crippen molar-refractivity contribution in [3.8, 4) is 0 Å². The summed E-state index contributed by atoms with van der Waals surface area (Å²) < 4.78 is 1.10. The Labute approximate surface area is 174 Å². The van der Waals surface area contributed by atoms with Crippen LogP contribution in [0.2, 0.25) is 0 Å². The summed E-state index contributed by atoms with van der Waals surface area (Å²) in [6, 6.07) is 17.4. The maximum Gasteiger partial charge on any atom is 0.313 e. The number of rotatable bonds is 6. The third-order valence-electron chi connectivity index (χ3n) is 4.74. The highest BCUT2D eigenvalue weighted by Crippen LogP contribution is 2.13. The van der Waals surface area contributed by atoms with Crippen LogP contribution in [0.15, 0.2) is 59.1 Å². The van der Waals surface area contributed by atoms with Gasteiger partial charge in [-0.25, -0.2) is 0 Å². The van der Waals surface area contributed by atoms with E-state index in [0.717, 1.165) is 43.7 Å². The fourth-order valence-electron chi connectivity index (χ4n) is 3.14. The molecule has 0 saturated carbocycles. The van der Waals surface area contributed by atoms with Crippen molar-refractivity contribution in [2.24, 2.45) is 0 Å². The van der Waals surface area contributed by atoms with Crippen molar-refractivity contribution in [3.05, 3.63) is 64.6 Å². The lowest BCUT2D eigenvalue weighted by Crippen LogP contribution is -2.48. The molecule has 0 unspecified atom stereocenters. The largest absolute Gasteiger partial charge is 0.347 e. The zero-order valence-corrected chi connectivity index (χ0v) is 17.3. The van der Waals surface area contributed by atoms with Gasteiger partial charge in [-0.15, -0.1) is 0 Å². The molecule has 148 valence electrons. The Balaban J connectivity index is 1.32. The van der Waals surface area contributed by atoms with Crippen LogP contribution in [0.5, 0.6) is 0 Å². The number of hydrogen-bond acceptors (Lipinski definition) is 4. The van der Waals surface area contributed by atoms with Gasteiger partial charge in [0.2, 0.25) is 0 Å².